The molecule has 1 aliphatic heterocycles. The smallest absolute Gasteiger partial charge is 0.245 e. The maximum absolute atomic E-state index is 14.6. The van der Waals surface area contributed by atoms with Crippen molar-refractivity contribution in [3.63, 3.8) is 0 Å². The van der Waals surface area contributed by atoms with Gasteiger partial charge in [0.2, 0.25) is 11.8 Å². The molecule has 152 valence electrons. The lowest BCUT2D eigenvalue weighted by atomic mass is 10.1. The number of anilines is 1. The summed E-state index contributed by atoms with van der Waals surface area (Å²) < 4.78 is 14.6. The van der Waals surface area contributed by atoms with Gasteiger partial charge in [-0.3, -0.25) is 9.59 Å². The molecule has 4 nitrogen and oxygen atoms in total. The van der Waals surface area contributed by atoms with Crippen molar-refractivity contribution in [2.45, 2.75) is 12.1 Å². The third-order valence-electron chi connectivity index (χ3n) is 5.83. The monoisotopic (exact) mass is 425 g/mol. The van der Waals surface area contributed by atoms with Crippen molar-refractivity contribution < 1.29 is 14.2 Å². The first-order chi connectivity index (χ1) is 15.1. The van der Waals surface area contributed by atoms with Gasteiger partial charge in [0.1, 0.15) is 5.66 Å². The Morgan fingerprint density at radius 3 is 1.84 bits per heavy atom. The molecule has 0 aromatic heterocycles. The lowest BCUT2D eigenvalue weighted by Crippen LogP contribution is -2.35. The van der Waals surface area contributed by atoms with E-state index in [1.165, 1.54) is 4.90 Å². The fourth-order valence-corrected chi connectivity index (χ4v) is 7.38. The van der Waals surface area contributed by atoms with Crippen LogP contribution in [0.1, 0.15) is 6.42 Å². The number of nitrogens with zero attached hydrogens (tertiary/aromatic N) is 1. The van der Waals surface area contributed by atoms with Crippen LogP contribution >= 0.6 is 7.14 Å². The molecule has 0 saturated carbocycles. The maximum Gasteiger partial charge on any atom is 0.245 e. The fourth-order valence-electron chi connectivity index (χ4n) is 4.29. The second-order valence-corrected chi connectivity index (χ2v) is 10.6. The van der Waals surface area contributed by atoms with Crippen LogP contribution in [-0.4, -0.2) is 17.5 Å². The van der Waals surface area contributed by atoms with E-state index in [0.717, 1.165) is 10.8 Å². The van der Waals surface area contributed by atoms with E-state index < -0.39 is 18.7 Å². The van der Waals surface area contributed by atoms with Crippen LogP contribution in [0.5, 0.6) is 0 Å². The van der Waals surface area contributed by atoms with Crippen LogP contribution in [0.3, 0.4) is 0 Å². The molecule has 1 fully saturated rings. The molecule has 4 aromatic rings. The van der Waals surface area contributed by atoms with Crippen molar-refractivity contribution in [2.75, 3.05) is 4.90 Å². The summed E-state index contributed by atoms with van der Waals surface area (Å²) in [6, 6.07) is 31.4. The summed E-state index contributed by atoms with van der Waals surface area (Å²) in [7, 11) is -3.38. The first-order valence-electron chi connectivity index (χ1n) is 10.2. The zero-order chi connectivity index (χ0) is 21.4. The first-order valence-corrected chi connectivity index (χ1v) is 11.9. The number of imide groups is 1. The van der Waals surface area contributed by atoms with Crippen LogP contribution in [0.15, 0.2) is 103 Å². The van der Waals surface area contributed by atoms with Gasteiger partial charge in [-0.2, -0.15) is 0 Å². The predicted molar refractivity (Wildman–Crippen MR) is 125 cm³/mol. The van der Waals surface area contributed by atoms with E-state index in [1.54, 1.807) is 30.3 Å². The minimum atomic E-state index is -3.38. The van der Waals surface area contributed by atoms with Gasteiger partial charge < -0.3 is 4.57 Å². The minimum absolute atomic E-state index is 0.0767. The van der Waals surface area contributed by atoms with Crippen molar-refractivity contribution in [1.82, 2.24) is 0 Å². The fraction of sp³-hybridized carbons (Fsp3) is 0.0769. The topological polar surface area (TPSA) is 54.5 Å². The number of hydrogen-bond donors (Lipinski definition) is 0. The van der Waals surface area contributed by atoms with Gasteiger partial charge in [0.15, 0.2) is 7.14 Å². The van der Waals surface area contributed by atoms with Crippen LogP contribution < -0.4 is 15.5 Å². The number of hydrogen-bond acceptors (Lipinski definition) is 3. The Morgan fingerprint density at radius 2 is 1.23 bits per heavy atom. The largest absolute Gasteiger partial charge is 0.313 e. The highest BCUT2D eigenvalue weighted by Gasteiger charge is 2.50. The highest BCUT2D eigenvalue weighted by atomic mass is 31.2. The normalized spacial score (nSPS) is 16.8. The number of carbonyl (C=O) groups excluding carboxylic acids is 2. The molecular formula is C26H20NO3P. The molecule has 5 rings (SSSR count). The van der Waals surface area contributed by atoms with E-state index in [2.05, 4.69) is 0 Å². The lowest BCUT2D eigenvalue weighted by Gasteiger charge is -2.24. The van der Waals surface area contributed by atoms with E-state index in [9.17, 15) is 14.2 Å². The molecule has 0 spiro atoms. The Labute approximate surface area is 180 Å². The summed E-state index contributed by atoms with van der Waals surface area (Å²) in [4.78, 5) is 27.8. The molecule has 1 aliphatic rings. The summed E-state index contributed by atoms with van der Waals surface area (Å²) in [5.74, 6) is -0.728. The molecule has 1 saturated heterocycles. The SMILES string of the molecule is O=C1CC(P(=O)(c2ccccc2)c2ccccc2)C(=O)N1c1ccc2ccccc2c1. The van der Waals surface area contributed by atoms with Gasteiger partial charge in [0, 0.05) is 17.0 Å². The van der Waals surface area contributed by atoms with Gasteiger partial charge >= 0.3 is 0 Å². The van der Waals surface area contributed by atoms with Crippen molar-refractivity contribution in [1.29, 1.82) is 0 Å². The highest BCUT2D eigenvalue weighted by molar-refractivity contribution is 7.80. The Morgan fingerprint density at radius 1 is 0.677 bits per heavy atom. The zero-order valence-electron chi connectivity index (χ0n) is 16.7. The van der Waals surface area contributed by atoms with Crippen molar-refractivity contribution in [2.24, 2.45) is 0 Å². The van der Waals surface area contributed by atoms with Crippen molar-refractivity contribution in [3.8, 4) is 0 Å². The molecule has 1 atom stereocenters. The summed E-state index contributed by atoms with van der Waals surface area (Å²) in [5, 5.41) is 3.15. The summed E-state index contributed by atoms with van der Waals surface area (Å²) in [6.45, 7) is 0. The molecule has 2 amide bonds. The van der Waals surface area contributed by atoms with Gasteiger partial charge in [0.25, 0.3) is 0 Å². The lowest BCUT2D eigenvalue weighted by molar-refractivity contribution is -0.121. The number of carbonyl (C=O) groups is 2. The molecule has 1 heterocycles. The Bertz CT molecular complexity index is 1290. The van der Waals surface area contributed by atoms with Gasteiger partial charge in [-0.05, 0) is 22.9 Å². The summed E-state index contributed by atoms with van der Waals surface area (Å²) in [5.41, 5.74) is -0.403. The first kappa shape index (κ1) is 19.5. The molecule has 5 heteroatoms. The van der Waals surface area contributed by atoms with Crippen LogP contribution in [-0.2, 0) is 14.2 Å². The van der Waals surface area contributed by atoms with E-state index in [4.69, 9.17) is 0 Å². The summed E-state index contributed by atoms with van der Waals surface area (Å²) in [6.07, 6.45) is -0.0767. The molecule has 0 N–H and O–H groups in total. The van der Waals surface area contributed by atoms with Gasteiger partial charge in [0.05, 0.1) is 5.69 Å². The molecule has 31 heavy (non-hydrogen) atoms. The molecular weight excluding hydrogens is 405 g/mol. The third kappa shape index (κ3) is 3.20. The van der Waals surface area contributed by atoms with E-state index >= 15 is 0 Å². The Balaban J connectivity index is 1.61. The Kier molecular flexibility index (Phi) is 4.80. The van der Waals surface area contributed by atoms with Crippen molar-refractivity contribution in [3.05, 3.63) is 103 Å². The minimum Gasteiger partial charge on any atom is -0.313 e. The second-order valence-electron chi connectivity index (χ2n) is 7.65. The molecule has 4 aromatic carbocycles. The Hall–Kier alpha value is -3.49. The molecule has 0 aliphatic carbocycles. The van der Waals surface area contributed by atoms with Crippen LogP contribution in [0, 0.1) is 0 Å². The van der Waals surface area contributed by atoms with E-state index in [0.29, 0.717) is 16.3 Å². The van der Waals surface area contributed by atoms with Gasteiger partial charge in [-0.15, -0.1) is 0 Å². The average Bonchev–Trinajstić information content (AvgIpc) is 3.13. The summed E-state index contributed by atoms with van der Waals surface area (Å²) >= 11 is 0. The number of rotatable bonds is 4. The number of amides is 2. The van der Waals surface area contributed by atoms with E-state index in [-0.39, 0.29) is 12.3 Å². The standard InChI is InChI=1S/C26H20NO3P/c28-25-18-24(26(29)27(25)21-16-15-19-9-7-8-10-20(19)17-21)31(30,22-11-3-1-4-12-22)23-13-5-2-6-14-23/h1-17,24H,18H2. The highest BCUT2D eigenvalue weighted by Crippen LogP contribution is 2.53. The van der Waals surface area contributed by atoms with Crippen LogP contribution in [0.2, 0.25) is 0 Å². The molecule has 0 bridgehead atoms. The van der Waals surface area contributed by atoms with Gasteiger partial charge in [-0.25, -0.2) is 4.90 Å². The molecule has 1 unspecified atom stereocenters. The maximum atomic E-state index is 14.6. The number of fused-ring (bicyclic) bond motifs is 1. The van der Waals surface area contributed by atoms with E-state index in [1.807, 2.05) is 72.8 Å². The second kappa shape index (κ2) is 7.64. The van der Waals surface area contributed by atoms with Crippen LogP contribution in [0.4, 0.5) is 5.69 Å². The zero-order valence-corrected chi connectivity index (χ0v) is 17.6. The predicted octanol–water partition coefficient (Wildman–Crippen LogP) is 4.49. The van der Waals surface area contributed by atoms with Crippen molar-refractivity contribution >= 4 is 46.0 Å². The third-order valence-corrected chi connectivity index (χ3v) is 9.24. The van der Waals surface area contributed by atoms with Crippen LogP contribution in [0.25, 0.3) is 10.8 Å². The quantitative estimate of drug-likeness (QED) is 0.358. The number of benzene rings is 4. The van der Waals surface area contributed by atoms with Gasteiger partial charge in [-0.1, -0.05) is 91.0 Å². The average molecular weight is 425 g/mol. The molecule has 0 radical (unpaired) electrons.